The lowest BCUT2D eigenvalue weighted by Crippen LogP contribution is -2.15. The Bertz CT molecular complexity index is 1260. The summed E-state index contributed by atoms with van der Waals surface area (Å²) in [6, 6.07) is 15.2. The number of nitrogens with zero attached hydrogens (tertiary/aromatic N) is 5. The summed E-state index contributed by atoms with van der Waals surface area (Å²) in [5, 5.41) is 11.5. The number of rotatable bonds is 6. The summed E-state index contributed by atoms with van der Waals surface area (Å²) < 4.78 is 15.1. The Morgan fingerprint density at radius 1 is 1.09 bits per heavy atom. The van der Waals surface area contributed by atoms with Crippen LogP contribution in [0.2, 0.25) is 5.02 Å². The number of carbonyl (C=O) groups is 1. The number of halogens is 2. The molecule has 1 amide bonds. The van der Waals surface area contributed by atoms with Crippen LogP contribution in [0.5, 0.6) is 0 Å². The van der Waals surface area contributed by atoms with E-state index in [0.29, 0.717) is 22.3 Å². The molecule has 32 heavy (non-hydrogen) atoms. The minimum Gasteiger partial charge on any atom is -0.320 e. The van der Waals surface area contributed by atoms with Crippen LogP contribution in [-0.2, 0) is 5.75 Å². The van der Waals surface area contributed by atoms with Crippen molar-refractivity contribution in [2.45, 2.75) is 24.8 Å². The average molecular weight is 469 g/mol. The Kier molecular flexibility index (Phi) is 6.48. The fourth-order valence-corrected chi connectivity index (χ4v) is 4.16. The van der Waals surface area contributed by atoms with Crippen molar-refractivity contribution in [1.29, 1.82) is 0 Å². The molecule has 162 valence electrons. The van der Waals surface area contributed by atoms with E-state index in [2.05, 4.69) is 25.6 Å². The first-order chi connectivity index (χ1) is 15.4. The lowest BCUT2D eigenvalue weighted by molar-refractivity contribution is 0.102. The molecule has 2 aromatic carbocycles. The summed E-state index contributed by atoms with van der Waals surface area (Å²) in [4.78, 5) is 21.9. The summed E-state index contributed by atoms with van der Waals surface area (Å²) >= 11 is 7.21. The number of amides is 1. The van der Waals surface area contributed by atoms with Crippen LogP contribution < -0.4 is 5.32 Å². The van der Waals surface area contributed by atoms with Crippen molar-refractivity contribution in [2.24, 2.45) is 0 Å². The third-order valence-electron chi connectivity index (χ3n) is 4.46. The molecule has 0 bridgehead atoms. The van der Waals surface area contributed by atoms with E-state index in [9.17, 15) is 9.18 Å². The molecule has 7 nitrogen and oxygen atoms in total. The molecule has 1 N–H and O–H groups in total. The number of aryl methyl sites for hydroxylation is 2. The second-order valence-corrected chi connectivity index (χ2v) is 8.29. The van der Waals surface area contributed by atoms with Crippen LogP contribution in [0, 0.1) is 19.7 Å². The smallest absolute Gasteiger partial charge is 0.278 e. The molecule has 0 aliphatic rings. The van der Waals surface area contributed by atoms with E-state index in [1.807, 2.05) is 50.2 Å². The van der Waals surface area contributed by atoms with Crippen molar-refractivity contribution in [3.63, 3.8) is 0 Å². The van der Waals surface area contributed by atoms with Gasteiger partial charge in [0.05, 0.1) is 16.4 Å². The van der Waals surface area contributed by atoms with Crippen LogP contribution in [0.25, 0.3) is 5.69 Å². The van der Waals surface area contributed by atoms with Crippen molar-refractivity contribution in [3.05, 3.63) is 88.2 Å². The Labute approximate surface area is 193 Å². The Morgan fingerprint density at radius 2 is 1.81 bits per heavy atom. The zero-order chi connectivity index (χ0) is 22.7. The molecule has 4 rings (SSSR count). The predicted molar refractivity (Wildman–Crippen MR) is 122 cm³/mol. The molecule has 0 spiro atoms. The van der Waals surface area contributed by atoms with Gasteiger partial charge in [-0.2, -0.15) is 0 Å². The highest BCUT2D eigenvalue weighted by atomic mass is 35.5. The zero-order valence-electron chi connectivity index (χ0n) is 17.2. The largest absolute Gasteiger partial charge is 0.320 e. The topological polar surface area (TPSA) is 85.6 Å². The van der Waals surface area contributed by atoms with Gasteiger partial charge in [0.25, 0.3) is 5.91 Å². The summed E-state index contributed by atoms with van der Waals surface area (Å²) in [6.45, 7) is 3.81. The van der Waals surface area contributed by atoms with Gasteiger partial charge in [-0.3, -0.25) is 4.79 Å². The van der Waals surface area contributed by atoms with Gasteiger partial charge in [0.1, 0.15) is 5.82 Å². The predicted octanol–water partition coefficient (Wildman–Crippen LogP) is 5.01. The molecule has 0 radical (unpaired) electrons. The number of nitrogens with one attached hydrogen (secondary N) is 1. The first-order valence-corrected chi connectivity index (χ1v) is 11.0. The monoisotopic (exact) mass is 468 g/mol. The molecule has 4 aromatic rings. The summed E-state index contributed by atoms with van der Waals surface area (Å²) in [7, 11) is 0. The fourth-order valence-electron chi connectivity index (χ4n) is 3.04. The van der Waals surface area contributed by atoms with Crippen LogP contribution >= 0.6 is 23.4 Å². The summed E-state index contributed by atoms with van der Waals surface area (Å²) in [5.74, 6) is -0.686. The normalized spacial score (nSPS) is 10.9. The third-order valence-corrected chi connectivity index (χ3v) is 5.60. The number of thioether (sulfide) groups is 1. The van der Waals surface area contributed by atoms with Gasteiger partial charge in [-0.1, -0.05) is 46.8 Å². The standard InChI is InChI=1S/C22H18ClFN6OS/c1-13-10-14(2)26-22(25-13)32-12-19-20(28-29-30(19)16-6-4-3-5-7-16)21(31)27-15-8-9-18(24)17(23)11-15/h3-11H,12H2,1-2H3,(H,27,31). The third kappa shape index (κ3) is 4.95. The van der Waals surface area contributed by atoms with Crippen LogP contribution in [0.15, 0.2) is 59.8 Å². The average Bonchev–Trinajstić information content (AvgIpc) is 3.19. The summed E-state index contributed by atoms with van der Waals surface area (Å²) in [6.07, 6.45) is 0. The number of hydrogen-bond donors (Lipinski definition) is 1. The highest BCUT2D eigenvalue weighted by molar-refractivity contribution is 7.98. The number of benzene rings is 2. The molecule has 0 aliphatic carbocycles. The van der Waals surface area contributed by atoms with Crippen LogP contribution in [-0.4, -0.2) is 30.9 Å². The summed E-state index contributed by atoms with van der Waals surface area (Å²) in [5.41, 5.74) is 3.57. The van der Waals surface area contributed by atoms with E-state index in [1.165, 1.54) is 30.0 Å². The van der Waals surface area contributed by atoms with E-state index in [1.54, 1.807) is 4.68 Å². The Balaban J connectivity index is 1.66. The maximum absolute atomic E-state index is 13.4. The molecule has 0 aliphatic heterocycles. The van der Waals surface area contributed by atoms with E-state index >= 15 is 0 Å². The Hall–Kier alpha value is -3.30. The molecular formula is C22H18ClFN6OS. The SMILES string of the molecule is Cc1cc(C)nc(SCc2c(C(=O)Nc3ccc(F)c(Cl)c3)nnn2-c2ccccc2)n1. The van der Waals surface area contributed by atoms with Crippen molar-refractivity contribution in [2.75, 3.05) is 5.32 Å². The lowest BCUT2D eigenvalue weighted by atomic mass is 10.2. The van der Waals surface area contributed by atoms with Gasteiger partial charge in [-0.05, 0) is 50.2 Å². The minimum absolute atomic E-state index is 0.0847. The molecule has 0 saturated heterocycles. The number of carbonyl (C=O) groups excluding carboxylic acids is 1. The second-order valence-electron chi connectivity index (χ2n) is 6.94. The van der Waals surface area contributed by atoms with Gasteiger partial charge in [0.15, 0.2) is 10.9 Å². The fraction of sp³-hybridized carbons (Fsp3) is 0.136. The molecule has 0 atom stereocenters. The van der Waals surface area contributed by atoms with Gasteiger partial charge in [0, 0.05) is 22.8 Å². The van der Waals surface area contributed by atoms with Crippen molar-refractivity contribution in [3.8, 4) is 5.69 Å². The van der Waals surface area contributed by atoms with Crippen molar-refractivity contribution < 1.29 is 9.18 Å². The van der Waals surface area contributed by atoms with Gasteiger partial charge in [0.2, 0.25) is 0 Å². The molecule has 10 heteroatoms. The van der Waals surface area contributed by atoms with Crippen LogP contribution in [0.4, 0.5) is 10.1 Å². The lowest BCUT2D eigenvalue weighted by Gasteiger charge is -2.09. The second kappa shape index (κ2) is 9.46. The maximum atomic E-state index is 13.4. The quantitative estimate of drug-likeness (QED) is 0.316. The van der Waals surface area contributed by atoms with Crippen LogP contribution in [0.1, 0.15) is 27.6 Å². The Morgan fingerprint density at radius 3 is 2.50 bits per heavy atom. The number of aromatic nitrogens is 5. The van der Waals surface area contributed by atoms with Crippen LogP contribution in [0.3, 0.4) is 0 Å². The zero-order valence-corrected chi connectivity index (χ0v) is 18.8. The highest BCUT2D eigenvalue weighted by Crippen LogP contribution is 2.25. The van der Waals surface area contributed by atoms with E-state index in [-0.39, 0.29) is 10.7 Å². The maximum Gasteiger partial charge on any atom is 0.278 e. The van der Waals surface area contributed by atoms with E-state index < -0.39 is 11.7 Å². The molecule has 0 fully saturated rings. The molecule has 2 heterocycles. The first-order valence-electron chi connectivity index (χ1n) is 9.62. The minimum atomic E-state index is -0.565. The van der Waals surface area contributed by atoms with Gasteiger partial charge >= 0.3 is 0 Å². The number of para-hydroxylation sites is 1. The number of hydrogen-bond acceptors (Lipinski definition) is 6. The molecule has 2 aromatic heterocycles. The molecular weight excluding hydrogens is 451 g/mol. The first kappa shape index (κ1) is 21.9. The highest BCUT2D eigenvalue weighted by Gasteiger charge is 2.22. The van der Waals surface area contributed by atoms with Crippen molar-refractivity contribution in [1.82, 2.24) is 25.0 Å². The van der Waals surface area contributed by atoms with Gasteiger partial charge < -0.3 is 5.32 Å². The van der Waals surface area contributed by atoms with Crippen molar-refractivity contribution >= 4 is 35.0 Å². The van der Waals surface area contributed by atoms with Gasteiger partial charge in [-0.15, -0.1) is 5.10 Å². The molecule has 0 saturated carbocycles. The van der Waals surface area contributed by atoms with E-state index in [0.717, 1.165) is 17.1 Å². The van der Waals surface area contributed by atoms with E-state index in [4.69, 9.17) is 11.6 Å². The molecule has 0 unspecified atom stereocenters. The van der Waals surface area contributed by atoms with Gasteiger partial charge in [-0.25, -0.2) is 19.0 Å². The number of anilines is 1.